The summed E-state index contributed by atoms with van der Waals surface area (Å²) in [5, 5.41) is 8.87. The molecule has 3 atom stereocenters. The van der Waals surface area contributed by atoms with Gasteiger partial charge in [-0.25, -0.2) is 0 Å². The molecule has 5 nitrogen and oxygen atoms in total. The molecule has 3 N–H and O–H groups in total. The molecule has 5 heteroatoms. The number of hydrogen-bond donors (Lipinski definition) is 2. The number of methoxy groups -OCH3 is 2. The van der Waals surface area contributed by atoms with Gasteiger partial charge in [-0.3, -0.25) is 4.79 Å². The first-order valence-corrected chi connectivity index (χ1v) is 7.82. The zero-order valence-electron chi connectivity index (χ0n) is 13.1. The summed E-state index contributed by atoms with van der Waals surface area (Å²) in [7, 11) is 3.35. The lowest BCUT2D eigenvalue weighted by molar-refractivity contribution is -0.137. The molecule has 0 heterocycles. The molecule has 0 radical (unpaired) electrons. The molecule has 0 amide bonds. The Balaban J connectivity index is 2.04. The van der Waals surface area contributed by atoms with Crippen molar-refractivity contribution in [3.63, 3.8) is 0 Å². The molecule has 3 rings (SSSR count). The second-order valence-electron chi connectivity index (χ2n) is 6.27. The molecule has 3 unspecified atom stereocenters. The predicted molar refractivity (Wildman–Crippen MR) is 82.7 cm³/mol. The van der Waals surface area contributed by atoms with Crippen molar-refractivity contribution in [2.75, 3.05) is 14.2 Å². The highest BCUT2D eigenvalue weighted by atomic mass is 16.5. The summed E-state index contributed by atoms with van der Waals surface area (Å²) in [6, 6.07) is 1.59. The van der Waals surface area contributed by atoms with Gasteiger partial charge in [-0.2, -0.15) is 0 Å². The topological polar surface area (TPSA) is 81.8 Å². The molecule has 1 fully saturated rings. The zero-order valence-corrected chi connectivity index (χ0v) is 13.1. The molecule has 0 aliphatic heterocycles. The van der Waals surface area contributed by atoms with Crippen molar-refractivity contribution in [1.29, 1.82) is 0 Å². The Labute approximate surface area is 130 Å². The average molecular weight is 305 g/mol. The Kier molecular flexibility index (Phi) is 4.00. The molecule has 0 aromatic heterocycles. The van der Waals surface area contributed by atoms with Gasteiger partial charge in [-0.15, -0.1) is 0 Å². The maximum absolute atomic E-state index is 10.8. The summed E-state index contributed by atoms with van der Waals surface area (Å²) in [6.07, 6.45) is 4.00. The van der Waals surface area contributed by atoms with Crippen LogP contribution in [0.3, 0.4) is 0 Å². The summed E-state index contributed by atoms with van der Waals surface area (Å²) in [4.78, 5) is 10.8. The first-order chi connectivity index (χ1) is 10.6. The fourth-order valence-corrected chi connectivity index (χ4v) is 4.13. The van der Waals surface area contributed by atoms with E-state index in [9.17, 15) is 4.79 Å². The Morgan fingerprint density at radius 1 is 1.32 bits per heavy atom. The van der Waals surface area contributed by atoms with E-state index < -0.39 is 5.97 Å². The fraction of sp³-hybridized carbons (Fsp3) is 0.588. The van der Waals surface area contributed by atoms with Gasteiger partial charge in [-0.1, -0.05) is 0 Å². The van der Waals surface area contributed by atoms with Crippen LogP contribution in [0, 0.1) is 0 Å². The van der Waals surface area contributed by atoms with E-state index in [1.807, 2.05) is 6.07 Å². The highest BCUT2D eigenvalue weighted by molar-refractivity contribution is 5.67. The molecule has 0 saturated heterocycles. The molecule has 2 aliphatic carbocycles. The minimum atomic E-state index is -0.832. The maximum Gasteiger partial charge on any atom is 0.303 e. The smallest absolute Gasteiger partial charge is 0.303 e. The minimum Gasteiger partial charge on any atom is -0.496 e. The molecular weight excluding hydrogens is 282 g/mol. The third-order valence-corrected chi connectivity index (χ3v) is 5.09. The van der Waals surface area contributed by atoms with E-state index in [4.69, 9.17) is 20.3 Å². The lowest BCUT2D eigenvalue weighted by Gasteiger charge is -2.25. The van der Waals surface area contributed by atoms with Gasteiger partial charge in [0.1, 0.15) is 11.5 Å². The highest BCUT2D eigenvalue weighted by Gasteiger charge is 2.42. The van der Waals surface area contributed by atoms with Gasteiger partial charge in [0.05, 0.1) is 14.2 Å². The summed E-state index contributed by atoms with van der Waals surface area (Å²) in [6.45, 7) is 0. The van der Waals surface area contributed by atoms with Crippen LogP contribution < -0.4 is 15.2 Å². The van der Waals surface area contributed by atoms with Crippen LogP contribution in [0.5, 0.6) is 11.5 Å². The van der Waals surface area contributed by atoms with E-state index in [-0.39, 0.29) is 12.5 Å². The second kappa shape index (κ2) is 5.80. The lowest BCUT2D eigenvalue weighted by Crippen LogP contribution is -2.16. The number of hydrogen-bond acceptors (Lipinski definition) is 4. The molecule has 1 aromatic rings. The predicted octanol–water partition coefficient (Wildman–Crippen LogP) is 2.93. The number of ether oxygens (including phenoxy) is 2. The largest absolute Gasteiger partial charge is 0.496 e. The van der Waals surface area contributed by atoms with Crippen LogP contribution >= 0.6 is 0 Å². The van der Waals surface area contributed by atoms with Crippen LogP contribution in [0.1, 0.15) is 66.7 Å². The second-order valence-corrected chi connectivity index (χ2v) is 6.27. The minimum absolute atomic E-state index is 0.0514. The third kappa shape index (κ3) is 2.33. The monoisotopic (exact) mass is 305 g/mol. The van der Waals surface area contributed by atoms with E-state index in [0.29, 0.717) is 18.3 Å². The van der Waals surface area contributed by atoms with E-state index in [2.05, 4.69) is 0 Å². The van der Waals surface area contributed by atoms with Crippen molar-refractivity contribution < 1.29 is 19.4 Å². The zero-order chi connectivity index (χ0) is 15.9. The van der Waals surface area contributed by atoms with Crippen molar-refractivity contribution in [3.8, 4) is 11.5 Å². The SMILES string of the molecule is COc1cc(C(N)CCC(=O)O)c(OC)c2c1C1CCC2C1. The number of nitrogens with two attached hydrogens (primary N) is 1. The van der Waals surface area contributed by atoms with Gasteiger partial charge in [0, 0.05) is 29.2 Å². The number of aliphatic carboxylic acids is 1. The molecule has 22 heavy (non-hydrogen) atoms. The lowest BCUT2D eigenvalue weighted by atomic mass is 9.86. The summed E-state index contributed by atoms with van der Waals surface area (Å²) >= 11 is 0. The molecule has 2 bridgehead atoms. The third-order valence-electron chi connectivity index (χ3n) is 5.09. The molecule has 1 aromatic carbocycles. The van der Waals surface area contributed by atoms with Gasteiger partial charge in [0.25, 0.3) is 0 Å². The Bertz CT molecular complexity index is 599. The number of fused-ring (bicyclic) bond motifs is 5. The van der Waals surface area contributed by atoms with E-state index in [0.717, 1.165) is 23.5 Å². The van der Waals surface area contributed by atoms with Crippen LogP contribution in [0.2, 0.25) is 0 Å². The Morgan fingerprint density at radius 2 is 2.00 bits per heavy atom. The highest BCUT2D eigenvalue weighted by Crippen LogP contribution is 2.59. The van der Waals surface area contributed by atoms with Crippen molar-refractivity contribution >= 4 is 5.97 Å². The van der Waals surface area contributed by atoms with Crippen molar-refractivity contribution in [3.05, 3.63) is 22.8 Å². The Morgan fingerprint density at radius 3 is 2.59 bits per heavy atom. The number of benzene rings is 1. The molecular formula is C17H23NO4. The number of carbonyl (C=O) groups is 1. The number of carboxylic acids is 1. The van der Waals surface area contributed by atoms with Crippen LogP contribution in [-0.2, 0) is 4.79 Å². The number of carboxylic acid groups (broad SMARTS) is 1. The molecule has 2 aliphatic rings. The molecule has 0 spiro atoms. The maximum atomic E-state index is 10.8. The van der Waals surface area contributed by atoms with E-state index in [1.54, 1.807) is 14.2 Å². The summed E-state index contributed by atoms with van der Waals surface area (Å²) < 4.78 is 11.3. The summed E-state index contributed by atoms with van der Waals surface area (Å²) in [5.41, 5.74) is 9.64. The van der Waals surface area contributed by atoms with Gasteiger partial charge in [0.2, 0.25) is 0 Å². The van der Waals surface area contributed by atoms with Gasteiger partial charge in [0.15, 0.2) is 0 Å². The van der Waals surface area contributed by atoms with Gasteiger partial charge < -0.3 is 20.3 Å². The molecule has 1 saturated carbocycles. The van der Waals surface area contributed by atoms with Gasteiger partial charge >= 0.3 is 5.97 Å². The van der Waals surface area contributed by atoms with Crippen molar-refractivity contribution in [1.82, 2.24) is 0 Å². The fourth-order valence-electron chi connectivity index (χ4n) is 4.13. The van der Waals surface area contributed by atoms with Crippen LogP contribution in [0.4, 0.5) is 0 Å². The normalized spacial score (nSPS) is 23.2. The summed E-state index contributed by atoms with van der Waals surface area (Å²) in [5.74, 6) is 1.98. The van der Waals surface area contributed by atoms with E-state index in [1.165, 1.54) is 24.0 Å². The van der Waals surface area contributed by atoms with E-state index >= 15 is 0 Å². The van der Waals surface area contributed by atoms with Crippen LogP contribution in [0.15, 0.2) is 6.07 Å². The van der Waals surface area contributed by atoms with Crippen LogP contribution in [0.25, 0.3) is 0 Å². The van der Waals surface area contributed by atoms with Gasteiger partial charge in [-0.05, 0) is 43.6 Å². The van der Waals surface area contributed by atoms with Crippen LogP contribution in [-0.4, -0.2) is 25.3 Å². The average Bonchev–Trinajstić information content (AvgIpc) is 3.12. The quantitative estimate of drug-likeness (QED) is 0.844. The first-order valence-electron chi connectivity index (χ1n) is 7.82. The van der Waals surface area contributed by atoms with Crippen molar-refractivity contribution in [2.45, 2.75) is 50.0 Å². The first kappa shape index (κ1) is 15.2. The molecule has 120 valence electrons. The standard InChI is InChI=1S/C17H23NO4/c1-21-13-8-11(12(18)5-6-14(19)20)17(22-2)16-10-4-3-9(7-10)15(13)16/h8-10,12H,3-7,18H2,1-2H3,(H,19,20). The van der Waals surface area contributed by atoms with Crippen molar-refractivity contribution in [2.24, 2.45) is 5.73 Å². The number of rotatable bonds is 6. The Hall–Kier alpha value is -1.75.